The average molecular weight is 210 g/mol. The Bertz CT molecular complexity index is 171. The molecule has 1 rings (SSSR count). The van der Waals surface area contributed by atoms with Gasteiger partial charge in [-0.25, -0.2) is 0 Å². The zero-order chi connectivity index (χ0) is 11.1. The van der Waals surface area contributed by atoms with Gasteiger partial charge in [-0.1, -0.05) is 20.4 Å². The molecule has 0 saturated carbocycles. The molecule has 1 fully saturated rings. The summed E-state index contributed by atoms with van der Waals surface area (Å²) in [5, 5.41) is 0. The first-order chi connectivity index (χ1) is 7.30. The Hall–Kier alpha value is -0.500. The third-order valence-corrected chi connectivity index (χ3v) is 3.41. The van der Waals surface area contributed by atoms with Crippen LogP contribution in [0.1, 0.15) is 33.1 Å². The van der Waals surface area contributed by atoms with Gasteiger partial charge in [0, 0.05) is 19.6 Å². The summed E-state index contributed by atoms with van der Waals surface area (Å²) in [4.78, 5) is 4.93. The quantitative estimate of drug-likeness (QED) is 0.665. The van der Waals surface area contributed by atoms with E-state index in [2.05, 4.69) is 30.2 Å². The van der Waals surface area contributed by atoms with Gasteiger partial charge in [0.25, 0.3) is 0 Å². The van der Waals surface area contributed by atoms with Crippen molar-refractivity contribution < 1.29 is 0 Å². The van der Waals surface area contributed by atoms with Crippen LogP contribution in [0.15, 0.2) is 12.8 Å². The van der Waals surface area contributed by atoms with Crippen LogP contribution >= 0.6 is 0 Å². The highest BCUT2D eigenvalue weighted by molar-refractivity contribution is 4.80. The Balaban J connectivity index is 2.24. The van der Waals surface area contributed by atoms with Crippen LogP contribution in [0.5, 0.6) is 0 Å². The van der Waals surface area contributed by atoms with Crippen LogP contribution in [-0.2, 0) is 0 Å². The van der Waals surface area contributed by atoms with Gasteiger partial charge in [-0.05, 0) is 44.5 Å². The normalized spacial score (nSPS) is 18.5. The topological polar surface area (TPSA) is 6.48 Å². The lowest BCUT2D eigenvalue weighted by Crippen LogP contribution is -2.36. The molecule has 0 N–H and O–H groups in total. The SMILES string of the molecule is C=CN1CCC(CN(CC)CCC)CC1. The fourth-order valence-corrected chi connectivity index (χ4v) is 2.38. The number of hydrogen-bond donors (Lipinski definition) is 0. The molecular formula is C13H26N2. The summed E-state index contributed by atoms with van der Waals surface area (Å²) >= 11 is 0. The van der Waals surface area contributed by atoms with Crippen molar-refractivity contribution in [3.05, 3.63) is 12.8 Å². The van der Waals surface area contributed by atoms with Crippen LogP contribution in [-0.4, -0.2) is 42.5 Å². The second-order valence-corrected chi connectivity index (χ2v) is 4.56. The molecule has 0 aromatic rings. The standard InChI is InChI=1S/C13H26N2/c1-4-9-15(6-3)12-13-7-10-14(5-2)11-8-13/h5,13H,2,4,6-12H2,1,3H3. The molecule has 15 heavy (non-hydrogen) atoms. The maximum Gasteiger partial charge on any atom is 0.0175 e. The lowest BCUT2D eigenvalue weighted by Gasteiger charge is -2.33. The molecule has 0 amide bonds. The van der Waals surface area contributed by atoms with Crippen molar-refractivity contribution in [2.24, 2.45) is 5.92 Å². The molecule has 1 aliphatic heterocycles. The number of likely N-dealkylation sites (tertiary alicyclic amines) is 1. The van der Waals surface area contributed by atoms with Gasteiger partial charge in [0.15, 0.2) is 0 Å². The molecule has 88 valence electrons. The highest BCUT2D eigenvalue weighted by Crippen LogP contribution is 2.18. The van der Waals surface area contributed by atoms with E-state index in [0.29, 0.717) is 0 Å². The molecule has 1 heterocycles. The lowest BCUT2D eigenvalue weighted by molar-refractivity contribution is 0.175. The van der Waals surface area contributed by atoms with Gasteiger partial charge in [0.05, 0.1) is 0 Å². The first-order valence-electron chi connectivity index (χ1n) is 6.39. The van der Waals surface area contributed by atoms with Crippen LogP contribution < -0.4 is 0 Å². The van der Waals surface area contributed by atoms with Crippen molar-refractivity contribution in [1.29, 1.82) is 0 Å². The van der Waals surface area contributed by atoms with Gasteiger partial charge in [-0.2, -0.15) is 0 Å². The molecule has 0 bridgehead atoms. The summed E-state index contributed by atoms with van der Waals surface area (Å²) in [6, 6.07) is 0. The highest BCUT2D eigenvalue weighted by Gasteiger charge is 2.18. The van der Waals surface area contributed by atoms with E-state index in [1.54, 1.807) is 0 Å². The molecule has 1 aliphatic rings. The van der Waals surface area contributed by atoms with Crippen LogP contribution in [0.3, 0.4) is 0 Å². The summed E-state index contributed by atoms with van der Waals surface area (Å²) in [5.74, 6) is 0.910. The van der Waals surface area contributed by atoms with E-state index in [1.165, 1.54) is 52.0 Å². The second-order valence-electron chi connectivity index (χ2n) is 4.56. The fourth-order valence-electron chi connectivity index (χ4n) is 2.38. The van der Waals surface area contributed by atoms with E-state index in [0.717, 1.165) is 5.92 Å². The fraction of sp³-hybridized carbons (Fsp3) is 0.846. The minimum atomic E-state index is 0.910. The van der Waals surface area contributed by atoms with Crippen molar-refractivity contribution in [2.75, 3.05) is 32.7 Å². The Morgan fingerprint density at radius 2 is 2.00 bits per heavy atom. The van der Waals surface area contributed by atoms with Gasteiger partial charge < -0.3 is 9.80 Å². The summed E-state index contributed by atoms with van der Waals surface area (Å²) in [6.07, 6.45) is 5.94. The van der Waals surface area contributed by atoms with Gasteiger partial charge >= 0.3 is 0 Å². The van der Waals surface area contributed by atoms with Gasteiger partial charge in [-0.15, -0.1) is 0 Å². The smallest absolute Gasteiger partial charge is 0.0175 e. The number of piperidine rings is 1. The molecule has 0 atom stereocenters. The second kappa shape index (κ2) is 6.89. The Morgan fingerprint density at radius 3 is 2.47 bits per heavy atom. The first kappa shape index (κ1) is 12.6. The summed E-state index contributed by atoms with van der Waals surface area (Å²) in [5.41, 5.74) is 0. The predicted octanol–water partition coefficient (Wildman–Crippen LogP) is 2.57. The molecule has 0 radical (unpaired) electrons. The molecule has 0 unspecified atom stereocenters. The maximum atomic E-state index is 3.83. The zero-order valence-electron chi connectivity index (χ0n) is 10.4. The van der Waals surface area contributed by atoms with E-state index < -0.39 is 0 Å². The average Bonchev–Trinajstić information content (AvgIpc) is 2.29. The molecule has 0 aromatic carbocycles. The first-order valence-corrected chi connectivity index (χ1v) is 6.39. The third-order valence-electron chi connectivity index (χ3n) is 3.41. The number of nitrogens with zero attached hydrogens (tertiary/aromatic N) is 2. The van der Waals surface area contributed by atoms with Crippen LogP contribution in [0.2, 0.25) is 0 Å². The zero-order valence-corrected chi connectivity index (χ0v) is 10.4. The van der Waals surface area contributed by atoms with E-state index in [9.17, 15) is 0 Å². The van der Waals surface area contributed by atoms with Crippen molar-refractivity contribution in [3.8, 4) is 0 Å². The Kier molecular flexibility index (Phi) is 5.77. The summed E-state index contributed by atoms with van der Waals surface area (Å²) in [6.45, 7) is 14.5. The molecular weight excluding hydrogens is 184 g/mol. The largest absolute Gasteiger partial charge is 0.378 e. The van der Waals surface area contributed by atoms with Gasteiger partial charge in [-0.3, -0.25) is 0 Å². The summed E-state index contributed by atoms with van der Waals surface area (Å²) < 4.78 is 0. The van der Waals surface area contributed by atoms with E-state index in [4.69, 9.17) is 0 Å². The minimum absolute atomic E-state index is 0.910. The maximum absolute atomic E-state index is 3.83. The van der Waals surface area contributed by atoms with Crippen molar-refractivity contribution >= 4 is 0 Å². The molecule has 0 spiro atoms. The molecule has 2 heteroatoms. The molecule has 0 aromatic heterocycles. The van der Waals surface area contributed by atoms with E-state index >= 15 is 0 Å². The Morgan fingerprint density at radius 1 is 1.33 bits per heavy atom. The van der Waals surface area contributed by atoms with Crippen molar-refractivity contribution in [1.82, 2.24) is 9.80 Å². The number of hydrogen-bond acceptors (Lipinski definition) is 2. The van der Waals surface area contributed by atoms with Crippen LogP contribution in [0.4, 0.5) is 0 Å². The lowest BCUT2D eigenvalue weighted by atomic mass is 9.96. The number of rotatable bonds is 6. The van der Waals surface area contributed by atoms with Gasteiger partial charge in [0.2, 0.25) is 0 Å². The predicted molar refractivity (Wildman–Crippen MR) is 66.9 cm³/mol. The monoisotopic (exact) mass is 210 g/mol. The molecule has 0 aliphatic carbocycles. The van der Waals surface area contributed by atoms with E-state index in [-0.39, 0.29) is 0 Å². The summed E-state index contributed by atoms with van der Waals surface area (Å²) in [7, 11) is 0. The third kappa shape index (κ3) is 4.25. The van der Waals surface area contributed by atoms with Crippen molar-refractivity contribution in [2.45, 2.75) is 33.1 Å². The van der Waals surface area contributed by atoms with Crippen LogP contribution in [0.25, 0.3) is 0 Å². The highest BCUT2D eigenvalue weighted by atomic mass is 15.1. The van der Waals surface area contributed by atoms with Crippen molar-refractivity contribution in [3.63, 3.8) is 0 Å². The van der Waals surface area contributed by atoms with Crippen LogP contribution in [0, 0.1) is 5.92 Å². The Labute approximate surface area is 94.9 Å². The molecule has 2 nitrogen and oxygen atoms in total. The minimum Gasteiger partial charge on any atom is -0.378 e. The van der Waals surface area contributed by atoms with Gasteiger partial charge in [0.1, 0.15) is 0 Å². The molecule has 1 saturated heterocycles. The van der Waals surface area contributed by atoms with E-state index in [1.807, 2.05) is 6.20 Å².